The van der Waals surface area contributed by atoms with Crippen LogP contribution < -0.4 is 21.3 Å². The molecule has 5 N–H and O–H groups in total. The molecule has 0 aliphatic carbocycles. The first kappa shape index (κ1) is 88.3. The van der Waals surface area contributed by atoms with Crippen molar-refractivity contribution in [2.75, 3.05) is 55.4 Å². The first-order valence-electron chi connectivity index (χ1n) is 35.5. The summed E-state index contributed by atoms with van der Waals surface area (Å²) in [4.78, 5) is 179. The Morgan fingerprint density at radius 1 is 0.466 bits per heavy atom. The smallest absolute Gasteiger partial charge is 0.410 e. The Bertz CT molecular complexity index is 3300. The van der Waals surface area contributed by atoms with E-state index in [0.717, 1.165) is 25.8 Å². The summed E-state index contributed by atoms with van der Waals surface area (Å²) in [7, 11) is 8.43. The Morgan fingerprint density at radius 2 is 0.922 bits per heavy atom. The molecule has 572 valence electrons. The zero-order valence-corrected chi connectivity index (χ0v) is 64.9. The predicted molar refractivity (Wildman–Crippen MR) is 392 cm³/mol. The number of carboxylic acid groups (broad SMARTS) is 1. The van der Waals surface area contributed by atoms with Crippen molar-refractivity contribution in [1.29, 1.82) is 0 Å². The van der Waals surface area contributed by atoms with Crippen molar-refractivity contribution in [3.05, 3.63) is 108 Å². The Balaban J connectivity index is 1.95. The highest BCUT2D eigenvalue weighted by molar-refractivity contribution is 5.99. The summed E-state index contributed by atoms with van der Waals surface area (Å²) in [6, 6.07) is 15.1. The second kappa shape index (κ2) is 40.8. The molecule has 10 amide bonds. The molecule has 0 heterocycles. The normalized spacial score (nSPS) is 14.6. The highest BCUT2D eigenvalue weighted by atomic mass is 16.6. The number of carboxylic acids is 1. The second-order valence-electron chi connectivity index (χ2n) is 30.4. The molecule has 3 rings (SSSR count). The van der Waals surface area contributed by atoms with Crippen LogP contribution in [-0.4, -0.2) is 227 Å². The van der Waals surface area contributed by atoms with Crippen LogP contribution in [0.3, 0.4) is 0 Å². The van der Waals surface area contributed by atoms with Gasteiger partial charge in [-0.15, -0.1) is 0 Å². The number of esters is 1. The molecule has 0 bridgehead atoms. The Hall–Kier alpha value is -8.94. The van der Waals surface area contributed by atoms with Gasteiger partial charge in [-0.3, -0.25) is 52.8 Å². The van der Waals surface area contributed by atoms with E-state index >= 15 is 9.59 Å². The zero-order valence-electron chi connectivity index (χ0n) is 64.9. The summed E-state index contributed by atoms with van der Waals surface area (Å²) in [6.07, 6.45) is -0.790. The molecule has 3 aromatic rings. The quantitative estimate of drug-likeness (QED) is 0.0364. The average molecular weight is 1440 g/mol. The van der Waals surface area contributed by atoms with Crippen molar-refractivity contribution < 1.29 is 76.9 Å². The number of benzene rings is 3. The first-order valence-corrected chi connectivity index (χ1v) is 35.5. The molecular weight excluding hydrogens is 1320 g/mol. The number of carbonyl (C=O) groups is 12. The molecule has 0 saturated carbocycles. The predicted octanol–water partition coefficient (Wildman–Crippen LogP) is 6.90. The summed E-state index contributed by atoms with van der Waals surface area (Å²) >= 11 is 0. The minimum Gasteiger partial charge on any atom is -0.480 e. The Morgan fingerprint density at radius 3 is 1.39 bits per heavy atom. The molecule has 0 aliphatic rings. The Kier molecular flexibility index (Phi) is 35.0. The van der Waals surface area contributed by atoms with E-state index in [1.807, 2.05) is 83.1 Å². The number of hydrogen-bond donors (Lipinski definition) is 5. The van der Waals surface area contributed by atoms with Gasteiger partial charge in [0.05, 0.1) is 25.2 Å². The first-order chi connectivity index (χ1) is 47.9. The number of ether oxygens (including phenoxy) is 3. The number of amides is 10. The highest BCUT2D eigenvalue weighted by Crippen LogP contribution is 2.23. The number of aliphatic carboxylic acids is 1. The monoisotopic (exact) mass is 1440 g/mol. The lowest BCUT2D eigenvalue weighted by atomic mass is 9.96. The fourth-order valence-corrected chi connectivity index (χ4v) is 11.7. The maximum absolute atomic E-state index is 15.2. The van der Waals surface area contributed by atoms with Crippen LogP contribution in [0.25, 0.3) is 0 Å². The maximum atomic E-state index is 15.2. The summed E-state index contributed by atoms with van der Waals surface area (Å²) in [5.74, 6) is -10.8. The van der Waals surface area contributed by atoms with E-state index in [1.54, 1.807) is 119 Å². The van der Waals surface area contributed by atoms with Gasteiger partial charge in [-0.1, -0.05) is 167 Å². The topological polar surface area (TPSA) is 320 Å². The molecule has 0 aromatic heterocycles. The largest absolute Gasteiger partial charge is 0.480 e. The van der Waals surface area contributed by atoms with Crippen molar-refractivity contribution in [3.8, 4) is 0 Å². The lowest BCUT2D eigenvalue weighted by Gasteiger charge is -2.38. The summed E-state index contributed by atoms with van der Waals surface area (Å²) < 4.78 is 17.1. The van der Waals surface area contributed by atoms with Gasteiger partial charge in [-0.05, 0) is 101 Å². The van der Waals surface area contributed by atoms with Crippen LogP contribution in [0.15, 0.2) is 91.0 Å². The number of carbonyl (C=O) groups excluding carboxylic acids is 11. The van der Waals surface area contributed by atoms with Gasteiger partial charge in [0.25, 0.3) is 0 Å². The molecule has 103 heavy (non-hydrogen) atoms. The van der Waals surface area contributed by atoms with Crippen molar-refractivity contribution in [2.24, 2.45) is 29.6 Å². The highest BCUT2D eigenvalue weighted by Gasteiger charge is 2.43. The van der Waals surface area contributed by atoms with Crippen molar-refractivity contribution in [2.45, 2.75) is 221 Å². The van der Waals surface area contributed by atoms with Gasteiger partial charge < -0.3 is 65.1 Å². The van der Waals surface area contributed by atoms with Gasteiger partial charge in [-0.25, -0.2) is 9.59 Å². The molecule has 3 aromatic carbocycles. The van der Waals surface area contributed by atoms with Crippen molar-refractivity contribution in [1.82, 2.24) is 50.7 Å². The average Bonchev–Trinajstić information content (AvgIpc) is 0.817. The van der Waals surface area contributed by atoms with Crippen LogP contribution in [0.2, 0.25) is 0 Å². The van der Waals surface area contributed by atoms with E-state index in [-0.39, 0.29) is 44.1 Å². The third-order valence-corrected chi connectivity index (χ3v) is 17.7. The van der Waals surface area contributed by atoms with Crippen LogP contribution >= 0.6 is 0 Å². The van der Waals surface area contributed by atoms with Crippen LogP contribution in [0.4, 0.5) is 4.79 Å². The fourth-order valence-electron chi connectivity index (χ4n) is 11.7. The molecule has 0 aliphatic heterocycles. The molecule has 0 radical (unpaired) electrons. The molecule has 0 fully saturated rings. The third kappa shape index (κ3) is 28.3. The SMILES string of the molecule is CC[C@H](C)[C@@H](C(=O)N[C@@H](COC(C)(C)C)C(=O)N(C)[C@@H](Cc1ccccc1)C(=O)N(C)[C@H](C(=O)N[C@@H](CC(=O)OC(C)(C)C)C(=O)O)C(C)C)N(C)C(=O)CN(C)C(=O)[C@@H](NC(=O)[C@H](CC(C)C)N(C)C(=O)[C@H](CC(C)C)NC(=O)[C@H](Cc1ccccc1)N(C)C(=O)OCc1ccccc1)C(C)C. The molecule has 0 saturated heterocycles. The molecule has 0 unspecified atom stereocenters. The number of nitrogens with zero attached hydrogens (tertiary/aromatic N) is 6. The standard InChI is InChI=1S/C77H118N10O16/c1-23-51(10)65(69(93)80-57(46-102-76(11,12)13)71(95)84(19)60(42-53-35-29-25-30-36-53)72(96)87(22)64(50(8)9)68(92)79-56(74(98)99)43-62(89)103-77(14,15)16)86(21)61(88)44-82(17)73(97)63(49(6)7)81-67(91)58(40-48(4)5)83(18)70(94)55(39-47(2)3)78-66(90)59(41-52-33-27-24-28-34-52)85(20)75(100)101-45-54-37-31-26-32-38-54/h24-38,47-51,55-60,63-65H,23,39-46H2,1-22H3,(H,78,90)(H,79,92)(H,80,93)(H,81,91)(H,98,99)/t51-,55-,56-,57-,58-,59-,60-,63-,64-,65-/m0/s1. The number of likely N-dealkylation sites (N-methyl/N-ethyl adjacent to an activating group) is 6. The second-order valence-corrected chi connectivity index (χ2v) is 30.4. The van der Waals surface area contributed by atoms with E-state index in [9.17, 15) is 53.1 Å². The lowest BCUT2D eigenvalue weighted by Crippen LogP contribution is -2.62. The number of hydrogen-bond acceptors (Lipinski definition) is 15. The van der Waals surface area contributed by atoms with E-state index in [2.05, 4.69) is 21.3 Å². The van der Waals surface area contributed by atoms with E-state index in [0.29, 0.717) is 12.0 Å². The van der Waals surface area contributed by atoms with E-state index in [4.69, 9.17) is 14.2 Å². The Labute approximate surface area is 610 Å². The van der Waals surface area contributed by atoms with Gasteiger partial charge >= 0.3 is 18.0 Å². The van der Waals surface area contributed by atoms with E-state index < -0.39 is 174 Å². The van der Waals surface area contributed by atoms with E-state index in [1.165, 1.54) is 57.0 Å². The summed E-state index contributed by atoms with van der Waals surface area (Å²) in [5, 5.41) is 21.1. The van der Waals surface area contributed by atoms with Crippen molar-refractivity contribution in [3.63, 3.8) is 0 Å². The summed E-state index contributed by atoms with van der Waals surface area (Å²) in [5.41, 5.74) is 0.310. The summed E-state index contributed by atoms with van der Waals surface area (Å²) in [6.45, 7) is 26.8. The van der Waals surface area contributed by atoms with Crippen LogP contribution in [0.1, 0.15) is 153 Å². The van der Waals surface area contributed by atoms with Crippen molar-refractivity contribution >= 4 is 71.2 Å². The maximum Gasteiger partial charge on any atom is 0.410 e. The van der Waals surface area contributed by atoms with Gasteiger partial charge in [0.1, 0.15) is 66.6 Å². The molecule has 10 atom stereocenters. The molecule has 26 nitrogen and oxygen atoms in total. The van der Waals surface area contributed by atoms with Crippen LogP contribution in [0.5, 0.6) is 0 Å². The van der Waals surface area contributed by atoms with Gasteiger partial charge in [0.2, 0.25) is 53.2 Å². The number of rotatable bonds is 38. The minimum absolute atomic E-state index is 0.0398. The molecule has 0 spiro atoms. The minimum atomic E-state index is -1.71. The van der Waals surface area contributed by atoms with Gasteiger partial charge in [0.15, 0.2) is 0 Å². The molecule has 26 heteroatoms. The fraction of sp³-hybridized carbons (Fsp3) is 0.610. The zero-order chi connectivity index (χ0) is 78.1. The molecular formula is C77H118N10O16. The number of nitrogens with one attached hydrogen (secondary N) is 4. The van der Waals surface area contributed by atoms with Gasteiger partial charge in [-0.2, -0.15) is 0 Å². The third-order valence-electron chi connectivity index (χ3n) is 17.7. The van der Waals surface area contributed by atoms with Crippen LogP contribution in [0, 0.1) is 29.6 Å². The van der Waals surface area contributed by atoms with Crippen LogP contribution in [-0.2, 0) is 86.4 Å². The van der Waals surface area contributed by atoms with Gasteiger partial charge in [0, 0.05) is 55.1 Å². The lowest BCUT2D eigenvalue weighted by molar-refractivity contribution is -0.159.